The Balaban J connectivity index is 0.00000392. The molecule has 5 aromatic rings. The number of methoxy groups -OCH3 is 1. The molecular weight excluding hydrogens is 743 g/mol. The van der Waals surface area contributed by atoms with Crippen molar-refractivity contribution in [3.05, 3.63) is 81.4 Å². The number of thiazole rings is 2. The van der Waals surface area contributed by atoms with E-state index in [1.165, 1.54) is 17.4 Å². The van der Waals surface area contributed by atoms with Gasteiger partial charge in [0.15, 0.2) is 38.8 Å². The van der Waals surface area contributed by atoms with Crippen LogP contribution < -0.4 is 44.0 Å². The summed E-state index contributed by atoms with van der Waals surface area (Å²) in [6.07, 6.45) is 1.72. The molecule has 0 saturated heterocycles. The van der Waals surface area contributed by atoms with Crippen molar-refractivity contribution < 1.29 is 59.1 Å². The van der Waals surface area contributed by atoms with Crippen LogP contribution in [0.4, 0.5) is 21.2 Å². The number of aromatic nitrogens is 4. The van der Waals surface area contributed by atoms with Gasteiger partial charge in [-0.15, -0.1) is 21.5 Å². The van der Waals surface area contributed by atoms with Crippen LogP contribution in [0.15, 0.2) is 59.6 Å². The minimum atomic E-state index is -1.23. The SMILES string of the molecule is CCOC(=O)c1nc(N(CCCOC)c2cc(C)c(/N=c3\sc4ccccc4n3COCC[Si](C)(C)C)nn2)sc1CCCOc1ccccc1F.[H-].[Na+]. The van der Waals surface area contributed by atoms with Crippen LogP contribution in [0.1, 0.15) is 42.1 Å². The van der Waals surface area contributed by atoms with E-state index >= 15 is 0 Å². The number of hydrogen-bond acceptors (Lipinski definition) is 12. The van der Waals surface area contributed by atoms with Crippen LogP contribution in [-0.2, 0) is 27.4 Å². The molecule has 0 saturated carbocycles. The van der Waals surface area contributed by atoms with E-state index in [0.717, 1.165) is 31.5 Å². The second kappa shape index (κ2) is 20.6. The summed E-state index contributed by atoms with van der Waals surface area (Å²) in [5.41, 5.74) is 2.14. The minimum Gasteiger partial charge on any atom is -1.00 e. The van der Waals surface area contributed by atoms with Crippen molar-refractivity contribution in [3.8, 4) is 5.75 Å². The third-order valence-electron chi connectivity index (χ3n) is 7.99. The zero-order chi connectivity index (χ0) is 37.1. The third kappa shape index (κ3) is 12.0. The Bertz CT molecular complexity index is 2020. The number of fused-ring (bicyclic) bond motifs is 1. The predicted molar refractivity (Wildman–Crippen MR) is 209 cm³/mol. The van der Waals surface area contributed by atoms with E-state index in [1.54, 1.807) is 43.6 Å². The molecule has 11 nitrogen and oxygen atoms in total. The quantitative estimate of drug-likeness (QED) is 0.0615. The first-order valence-corrected chi connectivity index (χ1v) is 22.8. The Labute approximate surface area is 343 Å². The van der Waals surface area contributed by atoms with Gasteiger partial charge in [0.1, 0.15) is 6.73 Å². The van der Waals surface area contributed by atoms with Crippen LogP contribution in [0.2, 0.25) is 25.7 Å². The van der Waals surface area contributed by atoms with Crippen molar-refractivity contribution in [2.24, 2.45) is 4.99 Å². The fourth-order valence-electron chi connectivity index (χ4n) is 5.20. The topological polar surface area (TPSA) is 113 Å². The Morgan fingerprint density at radius 3 is 2.55 bits per heavy atom. The standard InChI is InChI=1S/C37H47FN6O5S2Si.Na.H/c1-7-48-35(45)33-31(18-12-21-49-29-16-10-8-14-27(29)38)51-36(39-33)43(19-13-20-46-3)32-24-26(2)34(42-41-32)40-37-44(25-47-22-23-52(4,5)6)28-15-9-11-17-30(28)50-37;;/h8-11,14-17,24H,7,12-13,18-23,25H2,1-6H3;;/q;+1;-1/b40-37-;;. The molecule has 0 N–H and O–H groups in total. The van der Waals surface area contributed by atoms with Gasteiger partial charge in [0, 0.05) is 39.8 Å². The Morgan fingerprint density at radius 2 is 1.81 bits per heavy atom. The van der Waals surface area contributed by atoms with Crippen LogP contribution in [0.5, 0.6) is 5.75 Å². The number of hydrogen-bond donors (Lipinski definition) is 0. The van der Waals surface area contributed by atoms with Gasteiger partial charge in [0.2, 0.25) is 0 Å². The summed E-state index contributed by atoms with van der Waals surface area (Å²) in [7, 11) is 0.433. The maximum absolute atomic E-state index is 14.1. The molecule has 0 aliphatic rings. The van der Waals surface area contributed by atoms with Gasteiger partial charge in [0.25, 0.3) is 0 Å². The van der Waals surface area contributed by atoms with Crippen molar-refractivity contribution in [1.29, 1.82) is 0 Å². The van der Waals surface area contributed by atoms with E-state index in [-0.39, 0.29) is 55.6 Å². The first-order valence-electron chi connectivity index (χ1n) is 17.4. The van der Waals surface area contributed by atoms with Crippen LogP contribution in [0.3, 0.4) is 0 Å². The Hall–Kier alpha value is -3.02. The van der Waals surface area contributed by atoms with Gasteiger partial charge >= 0.3 is 35.5 Å². The Kier molecular flexibility index (Phi) is 16.6. The van der Waals surface area contributed by atoms with E-state index in [0.29, 0.717) is 62.5 Å². The zero-order valence-electron chi connectivity index (χ0n) is 32.7. The number of carbonyl (C=O) groups is 1. The summed E-state index contributed by atoms with van der Waals surface area (Å²) in [6, 6.07) is 17.5. The molecule has 16 heteroatoms. The summed E-state index contributed by atoms with van der Waals surface area (Å²) in [6.45, 7) is 13.4. The molecule has 0 fully saturated rings. The van der Waals surface area contributed by atoms with Gasteiger partial charge in [-0.05, 0) is 75.0 Å². The maximum Gasteiger partial charge on any atom is 1.00 e. The molecule has 0 aliphatic heterocycles. The summed E-state index contributed by atoms with van der Waals surface area (Å²) in [5, 5.41) is 9.79. The fraction of sp³-hybridized carbons (Fsp3) is 0.432. The minimum absolute atomic E-state index is 0. The molecule has 0 spiro atoms. The number of benzene rings is 2. The second-order valence-corrected chi connectivity index (χ2v) is 21.0. The van der Waals surface area contributed by atoms with Gasteiger partial charge in [0.05, 0.1) is 23.4 Å². The molecule has 2 aromatic carbocycles. The number of ether oxygens (including phenoxy) is 4. The number of nitrogens with zero attached hydrogens (tertiary/aromatic N) is 6. The summed E-state index contributed by atoms with van der Waals surface area (Å²) in [4.78, 5) is 26.3. The molecule has 0 amide bonds. The van der Waals surface area contributed by atoms with Crippen LogP contribution in [0.25, 0.3) is 10.2 Å². The van der Waals surface area contributed by atoms with E-state index < -0.39 is 19.9 Å². The molecule has 0 aliphatic carbocycles. The third-order valence-corrected chi connectivity index (χ3v) is 11.9. The van der Waals surface area contributed by atoms with Gasteiger partial charge in [-0.1, -0.05) is 55.2 Å². The van der Waals surface area contributed by atoms with Crippen molar-refractivity contribution in [2.45, 2.75) is 65.5 Å². The van der Waals surface area contributed by atoms with Gasteiger partial charge in [-0.25, -0.2) is 14.2 Å². The molecule has 0 radical (unpaired) electrons. The molecule has 0 bridgehead atoms. The van der Waals surface area contributed by atoms with Crippen LogP contribution in [0, 0.1) is 12.7 Å². The smallest absolute Gasteiger partial charge is 1.00 e. The van der Waals surface area contributed by atoms with Crippen LogP contribution >= 0.6 is 22.7 Å². The molecule has 0 unspecified atom stereocenters. The zero-order valence-corrected chi connectivity index (χ0v) is 36.3. The number of halogens is 1. The number of rotatable bonds is 19. The number of aryl methyl sites for hydroxylation is 2. The van der Waals surface area contributed by atoms with Crippen molar-refractivity contribution >= 4 is 63.7 Å². The van der Waals surface area contributed by atoms with Gasteiger partial charge in [-0.2, -0.15) is 4.99 Å². The number of anilines is 2. The molecule has 5 rings (SSSR count). The first kappa shape index (κ1) is 42.7. The van der Waals surface area contributed by atoms with Gasteiger partial charge < -0.3 is 25.3 Å². The monoisotopic (exact) mass is 790 g/mol. The summed E-state index contributed by atoms with van der Waals surface area (Å²) < 4.78 is 39.8. The van der Waals surface area contributed by atoms with E-state index in [9.17, 15) is 9.18 Å². The largest absolute Gasteiger partial charge is 1.00 e. The normalized spacial score (nSPS) is 11.9. The average Bonchev–Trinajstić information content (AvgIpc) is 3.69. The van der Waals surface area contributed by atoms with Crippen molar-refractivity contribution in [1.82, 2.24) is 19.7 Å². The molecule has 3 aromatic heterocycles. The average molecular weight is 791 g/mol. The van der Waals surface area contributed by atoms with Crippen molar-refractivity contribution in [3.63, 3.8) is 0 Å². The molecule has 3 heterocycles. The molecule has 280 valence electrons. The number of para-hydroxylation sites is 2. The van der Waals surface area contributed by atoms with E-state index in [2.05, 4.69) is 46.5 Å². The predicted octanol–water partition coefficient (Wildman–Crippen LogP) is 5.42. The second-order valence-electron chi connectivity index (χ2n) is 13.3. The maximum atomic E-state index is 14.1. The van der Waals surface area contributed by atoms with Crippen LogP contribution in [-0.4, -0.2) is 73.9 Å². The van der Waals surface area contributed by atoms with E-state index in [1.807, 2.05) is 30.0 Å². The van der Waals surface area contributed by atoms with Crippen molar-refractivity contribution in [2.75, 3.05) is 45.0 Å². The Morgan fingerprint density at radius 1 is 1.04 bits per heavy atom. The van der Waals surface area contributed by atoms with E-state index in [4.69, 9.17) is 28.9 Å². The summed E-state index contributed by atoms with van der Waals surface area (Å²) in [5.74, 6) is 0.361. The number of esters is 1. The molecule has 0 atom stereocenters. The van der Waals surface area contributed by atoms with Gasteiger partial charge in [-0.3, -0.25) is 4.57 Å². The first-order chi connectivity index (χ1) is 25.1. The fourth-order valence-corrected chi connectivity index (χ4v) is 8.10. The molecule has 53 heavy (non-hydrogen) atoms. The number of carbonyl (C=O) groups excluding carboxylic acids is 1. The summed E-state index contributed by atoms with van der Waals surface area (Å²) >= 11 is 2.97. The molecular formula is C37H48FN6NaO5S2Si.